The lowest BCUT2D eigenvalue weighted by Crippen LogP contribution is -2.30. The fourth-order valence-corrected chi connectivity index (χ4v) is 5.12. The second-order valence-electron chi connectivity index (χ2n) is 8.33. The lowest BCUT2D eigenvalue weighted by atomic mass is 10.0. The monoisotopic (exact) mass is 581 g/mol. The molecule has 5 rings (SSSR count). The van der Waals surface area contributed by atoms with Crippen molar-refractivity contribution < 1.29 is 9.21 Å². The third kappa shape index (κ3) is 3.39. The number of halogens is 2. The molecule has 3 aromatic heterocycles. The van der Waals surface area contributed by atoms with Gasteiger partial charge in [-0.2, -0.15) is 0 Å². The highest BCUT2D eigenvalue weighted by Crippen LogP contribution is 2.47. The van der Waals surface area contributed by atoms with Crippen LogP contribution in [-0.4, -0.2) is 44.4 Å². The zero-order chi connectivity index (χ0) is 21.0. The van der Waals surface area contributed by atoms with E-state index in [9.17, 15) is 4.79 Å². The van der Waals surface area contributed by atoms with E-state index in [1.807, 2.05) is 30.2 Å². The normalized spacial score (nSPS) is 20.0. The van der Waals surface area contributed by atoms with Crippen LogP contribution in [0.4, 0.5) is 5.82 Å². The third-order valence-corrected chi connectivity index (χ3v) is 8.23. The lowest BCUT2D eigenvalue weighted by Gasteiger charge is -2.24. The van der Waals surface area contributed by atoms with Gasteiger partial charge in [0.2, 0.25) is 5.71 Å². The average Bonchev–Trinajstić information content (AvgIpc) is 3.15. The topological polar surface area (TPSA) is 75.4 Å². The molecule has 30 heavy (non-hydrogen) atoms. The van der Waals surface area contributed by atoms with Crippen LogP contribution >= 0.6 is 38.8 Å². The number of amides is 1. The number of fused-ring (bicyclic) bond motifs is 1. The van der Waals surface area contributed by atoms with E-state index in [0.717, 1.165) is 35.2 Å². The highest BCUT2D eigenvalue weighted by atomic mass is 127. The molecule has 0 radical (unpaired) electrons. The van der Waals surface area contributed by atoms with Crippen LogP contribution < -0.4 is 3.11 Å². The quantitative estimate of drug-likeness (QED) is 0.318. The average molecular weight is 582 g/mol. The molecule has 9 heteroatoms. The Hall–Kier alpha value is -1.75. The molecule has 1 aliphatic heterocycles. The number of hydrogen-bond donors (Lipinski definition) is 0. The van der Waals surface area contributed by atoms with Crippen molar-refractivity contribution in [3.63, 3.8) is 0 Å². The van der Waals surface area contributed by atoms with E-state index in [4.69, 9.17) is 4.42 Å². The first-order chi connectivity index (χ1) is 14.4. The van der Waals surface area contributed by atoms with Gasteiger partial charge in [-0.15, -0.1) is 0 Å². The van der Waals surface area contributed by atoms with Crippen LogP contribution in [0.1, 0.15) is 53.9 Å². The molecule has 2 aliphatic rings. The van der Waals surface area contributed by atoms with E-state index >= 15 is 0 Å². The van der Waals surface area contributed by atoms with Crippen molar-refractivity contribution in [1.82, 2.24) is 19.9 Å². The van der Waals surface area contributed by atoms with Gasteiger partial charge in [0.15, 0.2) is 5.82 Å². The van der Waals surface area contributed by atoms with E-state index in [2.05, 4.69) is 63.8 Å². The lowest BCUT2D eigenvalue weighted by molar-refractivity contribution is 0.0790. The summed E-state index contributed by atoms with van der Waals surface area (Å²) in [7, 11) is 0. The van der Waals surface area contributed by atoms with Gasteiger partial charge in [0.1, 0.15) is 12.1 Å². The van der Waals surface area contributed by atoms with E-state index in [0.29, 0.717) is 35.5 Å². The van der Waals surface area contributed by atoms with Crippen LogP contribution in [0.5, 0.6) is 0 Å². The van der Waals surface area contributed by atoms with Crippen LogP contribution in [-0.2, 0) is 0 Å². The standard InChI is InChI=1S/C21H21BrIN5O2/c1-12-16(17-18(25-11-26-19(17)30-12)28(23)21(2)6-7-21)20(29)27-8-5-13(10-27)15-4-3-14(22)9-24-15/h3-4,9,11,13H,5-8,10H2,1-2H3. The maximum absolute atomic E-state index is 13.6. The molecular weight excluding hydrogens is 561 g/mol. The molecule has 0 aromatic carbocycles. The molecule has 156 valence electrons. The molecule has 2 fully saturated rings. The highest BCUT2D eigenvalue weighted by Gasteiger charge is 2.45. The van der Waals surface area contributed by atoms with Gasteiger partial charge in [-0.1, -0.05) is 0 Å². The number of aromatic nitrogens is 3. The van der Waals surface area contributed by atoms with Gasteiger partial charge in [0, 0.05) is 40.9 Å². The Kier molecular flexibility index (Phi) is 5.00. The Morgan fingerprint density at radius 3 is 2.83 bits per heavy atom. The number of likely N-dealkylation sites (tertiary alicyclic amines) is 1. The first-order valence-corrected chi connectivity index (χ1v) is 11.7. The molecule has 0 spiro atoms. The Morgan fingerprint density at radius 1 is 1.33 bits per heavy atom. The number of carbonyl (C=O) groups excluding carboxylic acids is 1. The van der Waals surface area contributed by atoms with Crippen LogP contribution in [0.25, 0.3) is 11.1 Å². The van der Waals surface area contributed by atoms with Crippen LogP contribution in [0.15, 0.2) is 33.5 Å². The zero-order valence-corrected chi connectivity index (χ0v) is 20.5. The summed E-state index contributed by atoms with van der Waals surface area (Å²) in [6.45, 7) is 5.38. The van der Waals surface area contributed by atoms with E-state index in [-0.39, 0.29) is 17.4 Å². The number of rotatable bonds is 4. The van der Waals surface area contributed by atoms with E-state index in [1.54, 1.807) is 0 Å². The van der Waals surface area contributed by atoms with Crippen LogP contribution in [0.3, 0.4) is 0 Å². The molecule has 4 heterocycles. The molecule has 7 nitrogen and oxygen atoms in total. The predicted molar refractivity (Wildman–Crippen MR) is 126 cm³/mol. The minimum Gasteiger partial charge on any atom is -0.442 e. The summed E-state index contributed by atoms with van der Waals surface area (Å²) >= 11 is 5.73. The van der Waals surface area contributed by atoms with Crippen LogP contribution in [0.2, 0.25) is 0 Å². The van der Waals surface area contributed by atoms with Gasteiger partial charge in [0.25, 0.3) is 5.91 Å². The van der Waals surface area contributed by atoms with Gasteiger partial charge >= 0.3 is 0 Å². The van der Waals surface area contributed by atoms with Crippen molar-refractivity contribution in [3.8, 4) is 0 Å². The van der Waals surface area contributed by atoms with Crippen molar-refractivity contribution in [2.45, 2.75) is 44.6 Å². The van der Waals surface area contributed by atoms with E-state index in [1.165, 1.54) is 6.33 Å². The number of nitrogens with zero attached hydrogens (tertiary/aromatic N) is 5. The predicted octanol–water partition coefficient (Wildman–Crippen LogP) is 5.03. The number of carbonyl (C=O) groups is 1. The molecule has 0 bridgehead atoms. The van der Waals surface area contributed by atoms with Gasteiger partial charge in [-0.05, 0) is 61.2 Å². The highest BCUT2D eigenvalue weighted by molar-refractivity contribution is 14.1. The summed E-state index contributed by atoms with van der Waals surface area (Å²) in [5, 5.41) is 0.716. The molecule has 0 N–H and O–H groups in total. The molecule has 1 atom stereocenters. The smallest absolute Gasteiger partial charge is 0.258 e. The van der Waals surface area contributed by atoms with Crippen LogP contribution in [0, 0.1) is 6.92 Å². The fraction of sp³-hybridized carbons (Fsp3) is 0.429. The van der Waals surface area contributed by atoms with E-state index < -0.39 is 0 Å². The maximum Gasteiger partial charge on any atom is 0.258 e. The third-order valence-electron chi connectivity index (χ3n) is 6.14. The summed E-state index contributed by atoms with van der Waals surface area (Å²) in [4.78, 5) is 28.8. The van der Waals surface area contributed by atoms with Crippen molar-refractivity contribution in [3.05, 3.63) is 46.1 Å². The first kappa shape index (κ1) is 20.2. The number of anilines is 1. The number of hydrogen-bond acceptors (Lipinski definition) is 6. The summed E-state index contributed by atoms with van der Waals surface area (Å²) in [5.41, 5.74) is 2.14. The minimum atomic E-state index is -0.0207. The Bertz CT molecular complexity index is 1130. The molecular formula is C21H21BrIN5O2. The molecule has 1 aliphatic carbocycles. The number of furan rings is 1. The number of aryl methyl sites for hydroxylation is 1. The van der Waals surface area contributed by atoms with Crippen molar-refractivity contribution in [2.24, 2.45) is 0 Å². The first-order valence-electron chi connectivity index (χ1n) is 9.98. The summed E-state index contributed by atoms with van der Waals surface area (Å²) in [5.74, 6) is 1.56. The van der Waals surface area contributed by atoms with Crippen molar-refractivity contribution in [2.75, 3.05) is 16.2 Å². The molecule has 3 aromatic rings. The van der Waals surface area contributed by atoms with Gasteiger partial charge in [0.05, 0.1) is 33.8 Å². The Labute approximate surface area is 196 Å². The van der Waals surface area contributed by atoms with Crippen molar-refractivity contribution >= 4 is 61.6 Å². The maximum atomic E-state index is 13.6. The molecule has 1 amide bonds. The summed E-state index contributed by atoms with van der Waals surface area (Å²) < 4.78 is 8.98. The second kappa shape index (κ2) is 7.44. The fourth-order valence-electron chi connectivity index (χ4n) is 4.04. The molecule has 1 saturated heterocycles. The molecule has 1 saturated carbocycles. The second-order valence-corrected chi connectivity index (χ2v) is 10.2. The Balaban J connectivity index is 1.48. The van der Waals surface area contributed by atoms with Gasteiger partial charge in [-0.3, -0.25) is 12.9 Å². The van der Waals surface area contributed by atoms with Gasteiger partial charge < -0.3 is 9.32 Å². The van der Waals surface area contributed by atoms with Crippen molar-refractivity contribution in [1.29, 1.82) is 0 Å². The SMILES string of the molecule is Cc1oc2ncnc(N(I)C3(C)CC3)c2c1C(=O)N1CCC(c2ccc(Br)cn2)C1. The molecule has 1 unspecified atom stereocenters. The minimum absolute atomic E-state index is 0.0207. The number of pyridine rings is 1. The summed E-state index contributed by atoms with van der Waals surface area (Å²) in [6, 6.07) is 4.02. The largest absolute Gasteiger partial charge is 0.442 e. The van der Waals surface area contributed by atoms with Gasteiger partial charge in [-0.25, -0.2) is 9.97 Å². The zero-order valence-electron chi connectivity index (χ0n) is 16.7. The summed E-state index contributed by atoms with van der Waals surface area (Å²) in [6.07, 6.45) is 6.43. The Morgan fingerprint density at radius 2 is 2.13 bits per heavy atom.